The number of rotatable bonds is 1. The summed E-state index contributed by atoms with van der Waals surface area (Å²) in [6.07, 6.45) is 8.17. The van der Waals surface area contributed by atoms with Crippen molar-refractivity contribution >= 4 is 0 Å². The van der Waals surface area contributed by atoms with Gasteiger partial charge in [0.25, 0.3) is 0 Å². The average molecular weight is 202 g/mol. The zero-order chi connectivity index (χ0) is 9.73. The van der Waals surface area contributed by atoms with Gasteiger partial charge >= 0.3 is 0 Å². The highest BCUT2D eigenvalue weighted by Gasteiger charge is 2.73. The molecule has 0 aromatic carbocycles. The van der Waals surface area contributed by atoms with Crippen LogP contribution in [-0.4, -0.2) is 12.2 Å². The SMILES string of the molecule is C=C[C@@H]1C[C@@H]2C[C@@H]1[C@H]1[C@@H]3C[C@H]([C@H]4O[C@H]34)[C@H]21. The van der Waals surface area contributed by atoms with E-state index < -0.39 is 0 Å². The first-order valence-corrected chi connectivity index (χ1v) is 6.66. The van der Waals surface area contributed by atoms with Gasteiger partial charge in [-0.25, -0.2) is 0 Å². The molecule has 0 spiro atoms. The Labute approximate surface area is 90.9 Å². The Hall–Kier alpha value is -0.300. The van der Waals surface area contributed by atoms with Crippen LogP contribution in [0.1, 0.15) is 19.3 Å². The predicted octanol–water partition coefficient (Wildman–Crippen LogP) is 2.48. The number of allylic oxidation sites excluding steroid dienone is 1. The molecule has 1 heterocycles. The maximum Gasteiger partial charge on any atom is 0.0875 e. The Morgan fingerprint density at radius 1 is 0.933 bits per heavy atom. The lowest BCUT2D eigenvalue weighted by Crippen LogP contribution is -2.35. The van der Waals surface area contributed by atoms with Crippen LogP contribution in [0.2, 0.25) is 0 Å². The number of hydrogen-bond donors (Lipinski definition) is 0. The average Bonchev–Trinajstić information content (AvgIpc) is 2.69. The minimum atomic E-state index is 0.709. The summed E-state index contributed by atoms with van der Waals surface area (Å²) in [5.74, 6) is 6.95. The van der Waals surface area contributed by atoms with Gasteiger partial charge in [-0.1, -0.05) is 6.08 Å². The highest BCUT2D eigenvalue weighted by Crippen LogP contribution is 2.72. The Balaban J connectivity index is 1.58. The minimum absolute atomic E-state index is 0.709. The Morgan fingerprint density at radius 3 is 2.53 bits per heavy atom. The molecule has 5 fully saturated rings. The maximum absolute atomic E-state index is 5.84. The molecule has 4 aliphatic carbocycles. The summed E-state index contributed by atoms with van der Waals surface area (Å²) >= 11 is 0. The first kappa shape index (κ1) is 7.89. The molecule has 0 aromatic rings. The Bertz CT molecular complexity index is 349. The third-order valence-corrected chi connectivity index (χ3v) is 6.42. The highest BCUT2D eigenvalue weighted by atomic mass is 16.6. The molecule has 0 amide bonds. The third kappa shape index (κ3) is 0.702. The monoisotopic (exact) mass is 202 g/mol. The van der Waals surface area contributed by atoms with Crippen molar-refractivity contribution in [3.05, 3.63) is 12.7 Å². The van der Waals surface area contributed by atoms with E-state index in [1.165, 1.54) is 19.3 Å². The second kappa shape index (κ2) is 2.20. The topological polar surface area (TPSA) is 12.5 Å². The molecule has 5 aliphatic rings. The molecule has 1 heteroatoms. The van der Waals surface area contributed by atoms with Gasteiger partial charge in [0, 0.05) is 0 Å². The van der Waals surface area contributed by atoms with Crippen molar-refractivity contribution in [2.75, 3.05) is 0 Å². The predicted molar refractivity (Wildman–Crippen MR) is 57.1 cm³/mol. The summed E-state index contributed by atoms with van der Waals surface area (Å²) < 4.78 is 5.84. The van der Waals surface area contributed by atoms with E-state index in [0.717, 1.165) is 47.5 Å². The van der Waals surface area contributed by atoms with Gasteiger partial charge in [0.1, 0.15) is 0 Å². The summed E-state index contributed by atoms with van der Waals surface area (Å²) in [5, 5.41) is 0. The van der Waals surface area contributed by atoms with E-state index in [1.54, 1.807) is 0 Å². The molecule has 0 unspecified atom stereocenters. The summed E-state index contributed by atoms with van der Waals surface area (Å²) in [5.41, 5.74) is 0. The van der Waals surface area contributed by atoms with Crippen molar-refractivity contribution in [1.29, 1.82) is 0 Å². The van der Waals surface area contributed by atoms with E-state index in [0.29, 0.717) is 6.10 Å². The normalized spacial score (nSPS) is 71.9. The number of hydrogen-bond acceptors (Lipinski definition) is 1. The molecule has 1 saturated heterocycles. The van der Waals surface area contributed by atoms with Crippen molar-refractivity contribution in [1.82, 2.24) is 0 Å². The largest absolute Gasteiger partial charge is 0.369 e. The molecule has 4 bridgehead atoms. The van der Waals surface area contributed by atoms with E-state index >= 15 is 0 Å². The van der Waals surface area contributed by atoms with E-state index in [2.05, 4.69) is 12.7 Å². The Morgan fingerprint density at radius 2 is 1.73 bits per heavy atom. The van der Waals surface area contributed by atoms with Crippen LogP contribution >= 0.6 is 0 Å². The fourth-order valence-corrected chi connectivity index (χ4v) is 6.17. The molecule has 9 atom stereocenters. The van der Waals surface area contributed by atoms with Crippen LogP contribution in [0.25, 0.3) is 0 Å². The van der Waals surface area contributed by atoms with Gasteiger partial charge < -0.3 is 4.74 Å². The molecule has 0 N–H and O–H groups in total. The minimum Gasteiger partial charge on any atom is -0.369 e. The lowest BCUT2D eigenvalue weighted by molar-refractivity contribution is 0.138. The fraction of sp³-hybridized carbons (Fsp3) is 0.857. The van der Waals surface area contributed by atoms with Crippen LogP contribution in [0.5, 0.6) is 0 Å². The van der Waals surface area contributed by atoms with Crippen LogP contribution in [0, 0.1) is 41.4 Å². The molecular weight excluding hydrogens is 184 g/mol. The van der Waals surface area contributed by atoms with Gasteiger partial charge in [-0.3, -0.25) is 0 Å². The standard InChI is InChI=1S/C14H18O/c1-2-6-3-7-4-8(6)12-10-5-9(11(7)12)13-14(10)15-13/h2,6-14H,1,3-5H2/t6-,7-,8+,9+,10+,11+,12+,13-,14-/m1/s1. The van der Waals surface area contributed by atoms with Crippen molar-refractivity contribution < 1.29 is 4.74 Å². The first-order valence-electron chi connectivity index (χ1n) is 6.66. The zero-order valence-electron chi connectivity index (χ0n) is 9.01. The van der Waals surface area contributed by atoms with Crippen LogP contribution in [0.15, 0.2) is 12.7 Å². The smallest absolute Gasteiger partial charge is 0.0875 e. The van der Waals surface area contributed by atoms with Crippen LogP contribution < -0.4 is 0 Å². The number of fused-ring (bicyclic) bond motifs is 12. The lowest BCUT2D eigenvalue weighted by Gasteiger charge is -2.36. The van der Waals surface area contributed by atoms with E-state index in [1.807, 2.05) is 0 Å². The van der Waals surface area contributed by atoms with Gasteiger partial charge in [0.2, 0.25) is 0 Å². The molecule has 0 radical (unpaired) electrons. The van der Waals surface area contributed by atoms with Crippen LogP contribution in [0.4, 0.5) is 0 Å². The molecular formula is C14H18O. The van der Waals surface area contributed by atoms with Crippen molar-refractivity contribution in [3.63, 3.8) is 0 Å². The lowest BCUT2D eigenvalue weighted by atomic mass is 9.67. The van der Waals surface area contributed by atoms with Gasteiger partial charge in [0.05, 0.1) is 12.2 Å². The number of ether oxygens (including phenoxy) is 1. The fourth-order valence-electron chi connectivity index (χ4n) is 6.17. The van der Waals surface area contributed by atoms with Gasteiger partial charge in [-0.15, -0.1) is 6.58 Å². The quantitative estimate of drug-likeness (QED) is 0.361. The van der Waals surface area contributed by atoms with Crippen molar-refractivity contribution in [2.45, 2.75) is 31.5 Å². The van der Waals surface area contributed by atoms with Gasteiger partial charge in [0.15, 0.2) is 0 Å². The molecule has 5 rings (SSSR count). The first-order chi connectivity index (χ1) is 7.38. The maximum atomic E-state index is 5.84. The molecule has 15 heavy (non-hydrogen) atoms. The molecule has 4 saturated carbocycles. The summed E-state index contributed by atoms with van der Waals surface area (Å²) in [6.45, 7) is 4.04. The molecule has 1 nitrogen and oxygen atoms in total. The summed E-state index contributed by atoms with van der Waals surface area (Å²) in [6, 6.07) is 0. The summed E-state index contributed by atoms with van der Waals surface area (Å²) in [4.78, 5) is 0. The van der Waals surface area contributed by atoms with E-state index in [4.69, 9.17) is 4.74 Å². The van der Waals surface area contributed by atoms with Gasteiger partial charge in [-0.2, -0.15) is 0 Å². The van der Waals surface area contributed by atoms with E-state index in [-0.39, 0.29) is 0 Å². The molecule has 1 aliphatic heterocycles. The van der Waals surface area contributed by atoms with Gasteiger partial charge in [-0.05, 0) is 60.7 Å². The van der Waals surface area contributed by atoms with E-state index in [9.17, 15) is 0 Å². The highest BCUT2D eigenvalue weighted by molar-refractivity contribution is 5.21. The number of epoxide rings is 1. The van der Waals surface area contributed by atoms with Crippen LogP contribution in [0.3, 0.4) is 0 Å². The Kier molecular flexibility index (Phi) is 1.16. The summed E-state index contributed by atoms with van der Waals surface area (Å²) in [7, 11) is 0. The van der Waals surface area contributed by atoms with Crippen LogP contribution in [-0.2, 0) is 4.74 Å². The van der Waals surface area contributed by atoms with Crippen molar-refractivity contribution in [3.8, 4) is 0 Å². The second-order valence-electron chi connectivity index (χ2n) is 6.58. The van der Waals surface area contributed by atoms with Crippen molar-refractivity contribution in [2.24, 2.45) is 41.4 Å². The zero-order valence-corrected chi connectivity index (χ0v) is 9.01. The molecule has 80 valence electrons. The molecule has 0 aromatic heterocycles. The third-order valence-electron chi connectivity index (χ3n) is 6.42. The second-order valence-corrected chi connectivity index (χ2v) is 6.58.